The molecule has 2 aromatic carbocycles. The maximum Gasteiger partial charge on any atom is 0.243 e. The quantitative estimate of drug-likeness (QED) is 0.508. The molecule has 0 aliphatic carbocycles. The largest absolute Gasteiger partial charge is 0.273 e. The SMILES string of the molecule is CC[C@H](C)c1ccc(S(=O)(=O)N(Cc2ccccc2)Cc2cnn(CC)c2)cc1. The summed E-state index contributed by atoms with van der Waals surface area (Å²) in [6.07, 6.45) is 4.66. The van der Waals surface area contributed by atoms with Crippen molar-refractivity contribution in [1.29, 1.82) is 0 Å². The highest BCUT2D eigenvalue weighted by Gasteiger charge is 2.25. The Balaban J connectivity index is 1.92. The first-order valence-electron chi connectivity index (χ1n) is 10.1. The molecule has 6 heteroatoms. The summed E-state index contributed by atoms with van der Waals surface area (Å²) in [5.74, 6) is 0.409. The van der Waals surface area contributed by atoms with Crippen LogP contribution in [-0.4, -0.2) is 22.5 Å². The Labute approximate surface area is 174 Å². The van der Waals surface area contributed by atoms with Crippen LogP contribution in [0.4, 0.5) is 0 Å². The Morgan fingerprint density at radius 3 is 2.21 bits per heavy atom. The molecule has 0 aliphatic heterocycles. The standard InChI is InChI=1S/C23H29N3O2S/c1-4-19(3)22-11-13-23(14-12-22)29(27,28)26(17-20-9-7-6-8-10-20)18-21-15-24-25(5-2)16-21/h6-16,19H,4-5,17-18H2,1-3H3/t19-/m0/s1. The molecular formula is C23H29N3O2S. The molecule has 1 atom stereocenters. The van der Waals surface area contributed by atoms with Gasteiger partial charge in [-0.1, -0.05) is 56.3 Å². The minimum absolute atomic E-state index is 0.282. The van der Waals surface area contributed by atoms with E-state index in [9.17, 15) is 8.42 Å². The summed E-state index contributed by atoms with van der Waals surface area (Å²) < 4.78 is 30.3. The van der Waals surface area contributed by atoms with Crippen molar-refractivity contribution in [3.63, 3.8) is 0 Å². The van der Waals surface area contributed by atoms with Crippen molar-refractivity contribution >= 4 is 10.0 Å². The van der Waals surface area contributed by atoms with Gasteiger partial charge >= 0.3 is 0 Å². The van der Waals surface area contributed by atoms with Crippen LogP contribution >= 0.6 is 0 Å². The van der Waals surface area contributed by atoms with Gasteiger partial charge in [0.2, 0.25) is 10.0 Å². The van der Waals surface area contributed by atoms with E-state index >= 15 is 0 Å². The van der Waals surface area contributed by atoms with Gasteiger partial charge in [-0.2, -0.15) is 9.40 Å². The first kappa shape index (κ1) is 21.3. The van der Waals surface area contributed by atoms with Gasteiger partial charge in [0, 0.05) is 31.4 Å². The van der Waals surface area contributed by atoms with Gasteiger partial charge in [-0.25, -0.2) is 8.42 Å². The summed E-state index contributed by atoms with van der Waals surface area (Å²) in [7, 11) is -3.65. The molecule has 3 aromatic rings. The van der Waals surface area contributed by atoms with Gasteiger partial charge in [0.15, 0.2) is 0 Å². The smallest absolute Gasteiger partial charge is 0.243 e. The molecule has 0 saturated heterocycles. The van der Waals surface area contributed by atoms with E-state index in [2.05, 4.69) is 18.9 Å². The maximum atomic E-state index is 13.5. The average Bonchev–Trinajstić information content (AvgIpc) is 3.21. The Morgan fingerprint density at radius 2 is 1.62 bits per heavy atom. The number of sulfonamides is 1. The van der Waals surface area contributed by atoms with Crippen molar-refractivity contribution in [2.24, 2.45) is 0 Å². The number of hydrogen-bond acceptors (Lipinski definition) is 3. The highest BCUT2D eigenvalue weighted by atomic mass is 32.2. The molecular weight excluding hydrogens is 382 g/mol. The number of nitrogens with zero attached hydrogens (tertiary/aromatic N) is 3. The van der Waals surface area contributed by atoms with E-state index < -0.39 is 10.0 Å². The second-order valence-electron chi connectivity index (χ2n) is 7.34. The first-order valence-corrected chi connectivity index (χ1v) is 11.5. The molecule has 0 N–H and O–H groups in total. The fourth-order valence-electron chi connectivity index (χ4n) is 3.23. The Bertz CT molecular complexity index is 1010. The summed E-state index contributed by atoms with van der Waals surface area (Å²) in [5, 5.41) is 4.29. The summed E-state index contributed by atoms with van der Waals surface area (Å²) >= 11 is 0. The Hall–Kier alpha value is -2.44. The van der Waals surface area contributed by atoms with Crippen LogP contribution in [0.3, 0.4) is 0 Å². The lowest BCUT2D eigenvalue weighted by molar-refractivity contribution is 0.401. The highest BCUT2D eigenvalue weighted by Crippen LogP contribution is 2.24. The molecule has 1 aromatic heterocycles. The number of benzene rings is 2. The van der Waals surface area contributed by atoms with E-state index in [1.165, 1.54) is 4.31 Å². The molecule has 29 heavy (non-hydrogen) atoms. The minimum Gasteiger partial charge on any atom is -0.273 e. The molecule has 3 rings (SSSR count). The van der Waals surface area contributed by atoms with Crippen molar-refractivity contribution in [2.45, 2.75) is 57.6 Å². The van der Waals surface area contributed by atoms with E-state index in [1.54, 1.807) is 18.3 Å². The Kier molecular flexibility index (Phi) is 6.87. The molecule has 0 amide bonds. The summed E-state index contributed by atoms with van der Waals surface area (Å²) in [4.78, 5) is 0.323. The first-order chi connectivity index (χ1) is 13.9. The zero-order valence-electron chi connectivity index (χ0n) is 17.3. The van der Waals surface area contributed by atoms with Crippen molar-refractivity contribution in [3.05, 3.63) is 83.7 Å². The van der Waals surface area contributed by atoms with E-state index in [4.69, 9.17) is 0 Å². The highest BCUT2D eigenvalue weighted by molar-refractivity contribution is 7.89. The lowest BCUT2D eigenvalue weighted by Crippen LogP contribution is -2.30. The lowest BCUT2D eigenvalue weighted by Gasteiger charge is -2.22. The number of rotatable bonds is 9. The third-order valence-electron chi connectivity index (χ3n) is 5.27. The Morgan fingerprint density at radius 1 is 0.966 bits per heavy atom. The van der Waals surface area contributed by atoms with Gasteiger partial charge in [0.25, 0.3) is 0 Å². The van der Waals surface area contributed by atoms with Crippen molar-refractivity contribution in [3.8, 4) is 0 Å². The molecule has 154 valence electrons. The normalized spacial score (nSPS) is 13.0. The van der Waals surface area contributed by atoms with Gasteiger partial charge in [-0.3, -0.25) is 4.68 Å². The number of aryl methyl sites for hydroxylation is 1. The van der Waals surface area contributed by atoms with Crippen LogP contribution in [0.5, 0.6) is 0 Å². The maximum absolute atomic E-state index is 13.5. The molecule has 0 aliphatic rings. The molecule has 0 spiro atoms. The molecule has 0 saturated carbocycles. The zero-order valence-corrected chi connectivity index (χ0v) is 18.1. The van der Waals surface area contributed by atoms with Crippen LogP contribution < -0.4 is 0 Å². The molecule has 0 bridgehead atoms. The second-order valence-corrected chi connectivity index (χ2v) is 9.28. The van der Waals surface area contributed by atoms with Crippen LogP contribution in [0.15, 0.2) is 71.9 Å². The fourth-order valence-corrected chi connectivity index (χ4v) is 4.65. The van der Waals surface area contributed by atoms with E-state index in [1.807, 2.05) is 60.3 Å². The number of hydrogen-bond donors (Lipinski definition) is 0. The predicted molar refractivity (Wildman–Crippen MR) is 116 cm³/mol. The van der Waals surface area contributed by atoms with Crippen LogP contribution in [-0.2, 0) is 29.7 Å². The van der Waals surface area contributed by atoms with Crippen molar-refractivity contribution in [1.82, 2.24) is 14.1 Å². The topological polar surface area (TPSA) is 55.2 Å². The molecule has 5 nitrogen and oxygen atoms in total. The lowest BCUT2D eigenvalue weighted by atomic mass is 9.99. The van der Waals surface area contributed by atoms with Gasteiger partial charge in [0.05, 0.1) is 11.1 Å². The summed E-state index contributed by atoms with van der Waals surface area (Å²) in [5.41, 5.74) is 2.99. The predicted octanol–water partition coefficient (Wildman–Crippen LogP) is 4.81. The monoisotopic (exact) mass is 411 g/mol. The van der Waals surface area contributed by atoms with E-state index in [-0.39, 0.29) is 6.54 Å². The summed E-state index contributed by atoms with van der Waals surface area (Å²) in [6.45, 7) is 7.64. The average molecular weight is 412 g/mol. The third-order valence-corrected chi connectivity index (χ3v) is 7.08. The molecule has 1 heterocycles. The summed E-state index contributed by atoms with van der Waals surface area (Å²) in [6, 6.07) is 17.0. The van der Waals surface area contributed by atoms with Crippen LogP contribution in [0.2, 0.25) is 0 Å². The van der Waals surface area contributed by atoms with Gasteiger partial charge in [-0.05, 0) is 42.5 Å². The minimum atomic E-state index is -3.65. The van der Waals surface area contributed by atoms with Gasteiger partial charge in [0.1, 0.15) is 0 Å². The van der Waals surface area contributed by atoms with E-state index in [0.29, 0.717) is 17.4 Å². The molecule has 0 unspecified atom stereocenters. The second kappa shape index (κ2) is 9.37. The van der Waals surface area contributed by atoms with Crippen LogP contribution in [0.1, 0.15) is 49.8 Å². The van der Waals surface area contributed by atoms with Crippen LogP contribution in [0.25, 0.3) is 0 Å². The molecule has 0 fully saturated rings. The number of aromatic nitrogens is 2. The van der Waals surface area contributed by atoms with Crippen molar-refractivity contribution < 1.29 is 8.42 Å². The fraction of sp³-hybridized carbons (Fsp3) is 0.348. The zero-order chi connectivity index (χ0) is 20.9. The molecule has 0 radical (unpaired) electrons. The van der Waals surface area contributed by atoms with E-state index in [0.717, 1.165) is 29.7 Å². The van der Waals surface area contributed by atoms with Gasteiger partial charge in [-0.15, -0.1) is 0 Å². The van der Waals surface area contributed by atoms with Crippen molar-refractivity contribution in [2.75, 3.05) is 0 Å². The van der Waals surface area contributed by atoms with Gasteiger partial charge < -0.3 is 0 Å². The third kappa shape index (κ3) is 5.14. The van der Waals surface area contributed by atoms with Crippen LogP contribution in [0, 0.1) is 0 Å².